The monoisotopic (exact) mass is 280 g/mol. The lowest BCUT2D eigenvalue weighted by Crippen LogP contribution is -2.48. The van der Waals surface area contributed by atoms with Gasteiger partial charge < -0.3 is 10.0 Å². The second-order valence-electron chi connectivity index (χ2n) is 5.37. The molecule has 3 atom stereocenters. The predicted molar refractivity (Wildman–Crippen MR) is 73.5 cm³/mol. The maximum Gasteiger partial charge on any atom is 0.407 e. The molecule has 102 valence electrons. The van der Waals surface area contributed by atoms with Crippen LogP contribution in [0.3, 0.4) is 0 Å². The first-order valence-electron chi connectivity index (χ1n) is 6.57. The summed E-state index contributed by atoms with van der Waals surface area (Å²) in [6.07, 6.45) is 0.152. The Morgan fingerprint density at radius 1 is 1.37 bits per heavy atom. The van der Waals surface area contributed by atoms with E-state index in [1.165, 1.54) is 0 Å². The van der Waals surface area contributed by atoms with E-state index in [1.54, 1.807) is 4.90 Å². The van der Waals surface area contributed by atoms with E-state index in [1.807, 2.05) is 24.3 Å². The van der Waals surface area contributed by atoms with Gasteiger partial charge in [-0.25, -0.2) is 4.79 Å². The minimum atomic E-state index is -0.794. The largest absolute Gasteiger partial charge is 0.465 e. The zero-order valence-corrected chi connectivity index (χ0v) is 11.5. The summed E-state index contributed by atoms with van der Waals surface area (Å²) in [4.78, 5) is 15.0. The number of piperazine rings is 1. The summed E-state index contributed by atoms with van der Waals surface area (Å²) in [7, 11) is 0. The normalized spacial score (nSPS) is 27.8. The fourth-order valence-electron chi connectivity index (χ4n) is 3.40. The zero-order valence-electron chi connectivity index (χ0n) is 10.8. The van der Waals surface area contributed by atoms with Crippen molar-refractivity contribution in [1.29, 1.82) is 0 Å². The molecule has 2 fully saturated rings. The van der Waals surface area contributed by atoms with Crippen molar-refractivity contribution < 1.29 is 9.90 Å². The van der Waals surface area contributed by atoms with Crippen molar-refractivity contribution in [2.45, 2.75) is 31.5 Å². The number of carbonyl (C=O) groups is 1. The lowest BCUT2D eigenvalue weighted by Gasteiger charge is -2.36. The van der Waals surface area contributed by atoms with Gasteiger partial charge in [-0.2, -0.15) is 0 Å². The summed E-state index contributed by atoms with van der Waals surface area (Å²) >= 11 is 6.25. The molecule has 1 aromatic rings. The molecule has 5 heteroatoms. The molecule has 0 radical (unpaired) electrons. The Kier molecular flexibility index (Phi) is 3.15. The summed E-state index contributed by atoms with van der Waals surface area (Å²) in [5.74, 6) is 0. The molecule has 2 bridgehead atoms. The van der Waals surface area contributed by atoms with Gasteiger partial charge in [0.2, 0.25) is 0 Å². The Labute approximate surface area is 117 Å². The van der Waals surface area contributed by atoms with Crippen molar-refractivity contribution in [2.24, 2.45) is 0 Å². The molecule has 2 heterocycles. The van der Waals surface area contributed by atoms with Gasteiger partial charge in [0.15, 0.2) is 0 Å². The first-order valence-corrected chi connectivity index (χ1v) is 6.95. The van der Waals surface area contributed by atoms with Gasteiger partial charge in [0.25, 0.3) is 0 Å². The number of halogens is 1. The van der Waals surface area contributed by atoms with Crippen LogP contribution < -0.4 is 0 Å². The Balaban J connectivity index is 1.77. The SMILES string of the molecule is CC(c1ccccc1Cl)N1CC2CC1CN2C(=O)O. The van der Waals surface area contributed by atoms with Crippen LogP contribution in [0.1, 0.15) is 24.9 Å². The summed E-state index contributed by atoms with van der Waals surface area (Å²) in [5, 5.41) is 9.89. The highest BCUT2D eigenvalue weighted by Crippen LogP contribution is 2.38. The average molecular weight is 281 g/mol. The third-order valence-corrected chi connectivity index (χ3v) is 4.73. The number of fused-ring (bicyclic) bond motifs is 2. The third-order valence-electron chi connectivity index (χ3n) is 4.38. The average Bonchev–Trinajstić information content (AvgIpc) is 2.98. The molecule has 0 aromatic heterocycles. The van der Waals surface area contributed by atoms with Crippen LogP contribution in [0.2, 0.25) is 5.02 Å². The van der Waals surface area contributed by atoms with Crippen LogP contribution in [-0.2, 0) is 0 Å². The number of hydrogen-bond donors (Lipinski definition) is 1. The van der Waals surface area contributed by atoms with Crippen molar-refractivity contribution in [2.75, 3.05) is 13.1 Å². The van der Waals surface area contributed by atoms with Crippen LogP contribution in [0.25, 0.3) is 0 Å². The van der Waals surface area contributed by atoms with E-state index in [9.17, 15) is 4.79 Å². The number of likely N-dealkylation sites (tertiary alicyclic amines) is 2. The van der Waals surface area contributed by atoms with Crippen LogP contribution in [0.5, 0.6) is 0 Å². The Morgan fingerprint density at radius 3 is 2.68 bits per heavy atom. The molecule has 0 aliphatic carbocycles. The molecule has 1 N–H and O–H groups in total. The van der Waals surface area contributed by atoms with Gasteiger partial charge in [0.1, 0.15) is 0 Å². The molecule has 19 heavy (non-hydrogen) atoms. The van der Waals surface area contributed by atoms with Crippen LogP contribution in [0.4, 0.5) is 4.79 Å². The standard InChI is InChI=1S/C14H17ClN2O2/c1-9(12-4-2-3-5-13(12)15)16-7-11-6-10(16)8-17(11)14(18)19/h2-5,9-11H,6-8H2,1H3,(H,18,19). The second kappa shape index (κ2) is 4.69. The Bertz CT molecular complexity index is 508. The van der Waals surface area contributed by atoms with E-state index in [-0.39, 0.29) is 12.1 Å². The molecule has 0 spiro atoms. The topological polar surface area (TPSA) is 43.8 Å². The number of carboxylic acid groups (broad SMARTS) is 1. The van der Waals surface area contributed by atoms with Crippen molar-refractivity contribution >= 4 is 17.7 Å². The minimum Gasteiger partial charge on any atom is -0.465 e. The second-order valence-corrected chi connectivity index (χ2v) is 5.78. The van der Waals surface area contributed by atoms with Crippen molar-refractivity contribution in [3.63, 3.8) is 0 Å². The number of hydrogen-bond acceptors (Lipinski definition) is 2. The third kappa shape index (κ3) is 2.09. The van der Waals surface area contributed by atoms with Gasteiger partial charge in [-0.05, 0) is 25.0 Å². The van der Waals surface area contributed by atoms with Gasteiger partial charge in [0.05, 0.1) is 0 Å². The van der Waals surface area contributed by atoms with Crippen LogP contribution in [0, 0.1) is 0 Å². The van der Waals surface area contributed by atoms with E-state index in [0.717, 1.165) is 23.6 Å². The van der Waals surface area contributed by atoms with Crippen molar-refractivity contribution in [3.05, 3.63) is 34.9 Å². The van der Waals surface area contributed by atoms with Gasteiger partial charge in [-0.3, -0.25) is 4.90 Å². The Morgan fingerprint density at radius 2 is 2.11 bits per heavy atom. The number of amides is 1. The van der Waals surface area contributed by atoms with Gasteiger partial charge in [-0.1, -0.05) is 29.8 Å². The van der Waals surface area contributed by atoms with Crippen LogP contribution in [0.15, 0.2) is 24.3 Å². The van der Waals surface area contributed by atoms with E-state index in [0.29, 0.717) is 12.6 Å². The fourth-order valence-corrected chi connectivity index (χ4v) is 3.69. The van der Waals surface area contributed by atoms with Crippen molar-refractivity contribution in [3.8, 4) is 0 Å². The van der Waals surface area contributed by atoms with Gasteiger partial charge in [-0.15, -0.1) is 0 Å². The molecular weight excluding hydrogens is 264 g/mol. The molecule has 2 aliphatic heterocycles. The first kappa shape index (κ1) is 12.8. The highest BCUT2D eigenvalue weighted by Gasteiger charge is 2.47. The highest BCUT2D eigenvalue weighted by atomic mass is 35.5. The van der Waals surface area contributed by atoms with Crippen LogP contribution in [-0.4, -0.2) is 46.2 Å². The van der Waals surface area contributed by atoms with E-state index in [4.69, 9.17) is 16.7 Å². The quantitative estimate of drug-likeness (QED) is 0.906. The lowest BCUT2D eigenvalue weighted by atomic mass is 10.1. The molecule has 0 saturated carbocycles. The van der Waals surface area contributed by atoms with Gasteiger partial charge in [0, 0.05) is 36.2 Å². The number of rotatable bonds is 2. The minimum absolute atomic E-state index is 0.146. The molecule has 2 aliphatic rings. The smallest absolute Gasteiger partial charge is 0.407 e. The lowest BCUT2D eigenvalue weighted by molar-refractivity contribution is 0.0862. The Hall–Kier alpha value is -1.26. The summed E-state index contributed by atoms with van der Waals surface area (Å²) < 4.78 is 0. The van der Waals surface area contributed by atoms with E-state index in [2.05, 4.69) is 11.8 Å². The number of nitrogens with zero attached hydrogens (tertiary/aromatic N) is 2. The zero-order chi connectivity index (χ0) is 13.6. The fraction of sp³-hybridized carbons (Fsp3) is 0.500. The maximum atomic E-state index is 11.1. The molecule has 2 saturated heterocycles. The summed E-state index contributed by atoms with van der Waals surface area (Å²) in [6.45, 7) is 3.57. The van der Waals surface area contributed by atoms with Crippen molar-refractivity contribution in [1.82, 2.24) is 9.80 Å². The highest BCUT2D eigenvalue weighted by molar-refractivity contribution is 6.31. The molecule has 1 aromatic carbocycles. The van der Waals surface area contributed by atoms with Crippen LogP contribution >= 0.6 is 11.6 Å². The maximum absolute atomic E-state index is 11.1. The summed E-state index contributed by atoms with van der Waals surface area (Å²) in [6, 6.07) is 8.59. The molecule has 1 amide bonds. The first-order chi connectivity index (χ1) is 9.08. The summed E-state index contributed by atoms with van der Waals surface area (Å²) in [5.41, 5.74) is 1.12. The van der Waals surface area contributed by atoms with E-state index < -0.39 is 6.09 Å². The van der Waals surface area contributed by atoms with E-state index >= 15 is 0 Å². The molecule has 3 rings (SSSR count). The molecule has 4 nitrogen and oxygen atoms in total. The predicted octanol–water partition coefficient (Wildman–Crippen LogP) is 2.84. The molecular formula is C14H17ClN2O2. The number of benzene rings is 1. The molecule has 3 unspecified atom stereocenters. The van der Waals surface area contributed by atoms with Gasteiger partial charge >= 0.3 is 6.09 Å².